The highest BCUT2D eigenvalue weighted by atomic mass is 15.2. The Morgan fingerprint density at radius 2 is 1.96 bits per heavy atom. The van der Waals surface area contributed by atoms with Crippen molar-refractivity contribution in [1.29, 1.82) is 0 Å². The molecule has 5 nitrogen and oxygen atoms in total. The fraction of sp³-hybridized carbons (Fsp3) is 0.947. The molecule has 0 spiro atoms. The lowest BCUT2D eigenvalue weighted by atomic mass is 9.96. The smallest absolute Gasteiger partial charge is 0.188 e. The van der Waals surface area contributed by atoms with E-state index in [9.17, 15) is 0 Å². The van der Waals surface area contributed by atoms with E-state index in [1.165, 1.54) is 58.3 Å². The first-order valence-electron chi connectivity index (χ1n) is 10.1. The number of rotatable bonds is 8. The van der Waals surface area contributed by atoms with E-state index < -0.39 is 0 Å². The quantitative estimate of drug-likeness (QED) is 0.526. The van der Waals surface area contributed by atoms with Gasteiger partial charge in [-0.25, -0.2) is 0 Å². The average molecular weight is 338 g/mol. The molecule has 0 amide bonds. The fourth-order valence-corrected chi connectivity index (χ4v) is 3.88. The zero-order chi connectivity index (χ0) is 17.4. The second-order valence-corrected chi connectivity index (χ2v) is 8.00. The van der Waals surface area contributed by atoms with Crippen molar-refractivity contribution in [1.82, 2.24) is 15.1 Å². The monoisotopic (exact) mass is 337 g/mol. The molecule has 5 heteroatoms. The molecule has 2 aliphatic heterocycles. The van der Waals surface area contributed by atoms with E-state index in [0.717, 1.165) is 25.6 Å². The van der Waals surface area contributed by atoms with Crippen LogP contribution in [0.25, 0.3) is 0 Å². The van der Waals surface area contributed by atoms with Crippen LogP contribution in [0.5, 0.6) is 0 Å². The van der Waals surface area contributed by atoms with Gasteiger partial charge in [-0.05, 0) is 76.7 Å². The number of likely N-dealkylation sites (N-methyl/N-ethyl adjacent to an activating group) is 1. The molecule has 1 atom stereocenters. The zero-order valence-corrected chi connectivity index (χ0v) is 16.1. The molecule has 2 heterocycles. The second-order valence-electron chi connectivity index (χ2n) is 8.00. The van der Waals surface area contributed by atoms with Crippen molar-refractivity contribution in [3.8, 4) is 0 Å². The van der Waals surface area contributed by atoms with E-state index >= 15 is 0 Å². The summed E-state index contributed by atoms with van der Waals surface area (Å²) in [6.07, 6.45) is 6.44. The molecule has 3 N–H and O–H groups in total. The minimum absolute atomic E-state index is 0.632. The van der Waals surface area contributed by atoms with Crippen molar-refractivity contribution in [2.45, 2.75) is 58.9 Å². The predicted octanol–water partition coefficient (Wildman–Crippen LogP) is 2.13. The number of likely N-dealkylation sites (tertiary alicyclic amines) is 2. The van der Waals surface area contributed by atoms with Crippen LogP contribution in [-0.4, -0.2) is 67.6 Å². The summed E-state index contributed by atoms with van der Waals surface area (Å²) in [7, 11) is 0. The van der Waals surface area contributed by atoms with Crippen molar-refractivity contribution >= 4 is 5.96 Å². The molecule has 2 saturated heterocycles. The van der Waals surface area contributed by atoms with Gasteiger partial charge in [0, 0.05) is 19.1 Å². The van der Waals surface area contributed by atoms with Gasteiger partial charge in [0.1, 0.15) is 0 Å². The Hall–Kier alpha value is -0.810. The first-order valence-corrected chi connectivity index (χ1v) is 10.1. The standard InChI is InChI=1S/C19H39N5/c1-4-24-10-5-6-18(24)15-22-19(20)21-14-17-8-12-23(13-9-17)11-7-16(2)3/h16-18H,4-15H2,1-3H3,(H3,20,21,22). The van der Waals surface area contributed by atoms with Gasteiger partial charge in [0.05, 0.1) is 0 Å². The third kappa shape index (κ3) is 6.60. The topological polar surface area (TPSA) is 56.9 Å². The molecule has 0 aromatic carbocycles. The van der Waals surface area contributed by atoms with Gasteiger partial charge in [-0.15, -0.1) is 0 Å². The Balaban J connectivity index is 1.61. The first kappa shape index (κ1) is 19.5. The van der Waals surface area contributed by atoms with Gasteiger partial charge in [-0.2, -0.15) is 0 Å². The van der Waals surface area contributed by atoms with E-state index in [0.29, 0.717) is 17.9 Å². The SMILES string of the molecule is CCN1CCCC1CNC(N)=NCC1CCN(CCC(C)C)CC1. The van der Waals surface area contributed by atoms with Crippen LogP contribution in [0, 0.1) is 11.8 Å². The number of nitrogens with one attached hydrogen (secondary N) is 1. The molecule has 2 fully saturated rings. The largest absolute Gasteiger partial charge is 0.370 e. The predicted molar refractivity (Wildman–Crippen MR) is 103 cm³/mol. The van der Waals surface area contributed by atoms with Crippen LogP contribution in [0.1, 0.15) is 52.9 Å². The highest BCUT2D eigenvalue weighted by Gasteiger charge is 2.23. The van der Waals surface area contributed by atoms with Crippen molar-refractivity contribution in [3.63, 3.8) is 0 Å². The molecule has 0 aliphatic carbocycles. The highest BCUT2D eigenvalue weighted by molar-refractivity contribution is 5.77. The minimum atomic E-state index is 0.632. The van der Waals surface area contributed by atoms with Gasteiger partial charge in [-0.3, -0.25) is 9.89 Å². The number of hydrogen-bond donors (Lipinski definition) is 2. The van der Waals surface area contributed by atoms with E-state index in [2.05, 4.69) is 40.9 Å². The molecule has 0 bridgehead atoms. The lowest BCUT2D eigenvalue weighted by Gasteiger charge is -2.31. The van der Waals surface area contributed by atoms with Crippen molar-refractivity contribution in [2.75, 3.05) is 45.8 Å². The van der Waals surface area contributed by atoms with Crippen LogP contribution in [0.15, 0.2) is 4.99 Å². The summed E-state index contributed by atoms with van der Waals surface area (Å²) in [5, 5.41) is 3.35. The average Bonchev–Trinajstić information content (AvgIpc) is 3.04. The van der Waals surface area contributed by atoms with Gasteiger partial charge >= 0.3 is 0 Å². The van der Waals surface area contributed by atoms with Gasteiger partial charge in [0.2, 0.25) is 0 Å². The summed E-state index contributed by atoms with van der Waals surface area (Å²) >= 11 is 0. The van der Waals surface area contributed by atoms with Crippen LogP contribution in [0.3, 0.4) is 0 Å². The third-order valence-electron chi connectivity index (χ3n) is 5.67. The molecule has 2 rings (SSSR count). The van der Waals surface area contributed by atoms with Crippen LogP contribution in [-0.2, 0) is 0 Å². The summed E-state index contributed by atoms with van der Waals surface area (Å²) in [6.45, 7) is 14.8. The molecular weight excluding hydrogens is 298 g/mol. The van der Waals surface area contributed by atoms with Gasteiger partial charge in [0.15, 0.2) is 5.96 Å². The lowest BCUT2D eigenvalue weighted by molar-refractivity contribution is 0.180. The molecule has 0 saturated carbocycles. The number of hydrogen-bond acceptors (Lipinski definition) is 3. The summed E-state index contributed by atoms with van der Waals surface area (Å²) < 4.78 is 0. The maximum atomic E-state index is 6.07. The molecule has 24 heavy (non-hydrogen) atoms. The maximum absolute atomic E-state index is 6.07. The number of guanidine groups is 1. The van der Waals surface area contributed by atoms with Crippen molar-refractivity contribution < 1.29 is 0 Å². The molecule has 0 aromatic heterocycles. The first-order chi connectivity index (χ1) is 11.6. The van der Waals surface area contributed by atoms with Crippen LogP contribution in [0.2, 0.25) is 0 Å². The van der Waals surface area contributed by atoms with Gasteiger partial charge in [0.25, 0.3) is 0 Å². The van der Waals surface area contributed by atoms with Crippen LogP contribution >= 0.6 is 0 Å². The van der Waals surface area contributed by atoms with E-state index in [4.69, 9.17) is 5.73 Å². The highest BCUT2D eigenvalue weighted by Crippen LogP contribution is 2.18. The summed E-state index contributed by atoms with van der Waals surface area (Å²) in [5.74, 6) is 2.15. The number of nitrogens with zero attached hydrogens (tertiary/aromatic N) is 3. The third-order valence-corrected chi connectivity index (χ3v) is 5.67. The number of nitrogens with two attached hydrogens (primary N) is 1. The zero-order valence-electron chi connectivity index (χ0n) is 16.1. The van der Waals surface area contributed by atoms with Gasteiger partial charge in [-0.1, -0.05) is 20.8 Å². The second kappa shape index (κ2) is 10.2. The fourth-order valence-electron chi connectivity index (χ4n) is 3.88. The van der Waals surface area contributed by atoms with Gasteiger partial charge < -0.3 is 16.0 Å². The Morgan fingerprint density at radius 3 is 2.62 bits per heavy atom. The van der Waals surface area contributed by atoms with E-state index in [1.54, 1.807) is 0 Å². The van der Waals surface area contributed by atoms with Crippen LogP contribution < -0.4 is 11.1 Å². The molecule has 0 aromatic rings. The number of aliphatic imine (C=N–C) groups is 1. The van der Waals surface area contributed by atoms with Crippen LogP contribution in [0.4, 0.5) is 0 Å². The Bertz CT molecular complexity index is 374. The Kier molecular flexibility index (Phi) is 8.33. The normalized spacial score (nSPS) is 24.8. The number of piperidine rings is 1. The Morgan fingerprint density at radius 1 is 1.21 bits per heavy atom. The summed E-state index contributed by atoms with van der Waals surface area (Å²) in [5.41, 5.74) is 6.07. The Labute approximate surface area is 149 Å². The van der Waals surface area contributed by atoms with E-state index in [1.807, 2.05) is 0 Å². The van der Waals surface area contributed by atoms with Crippen molar-refractivity contribution in [2.24, 2.45) is 22.6 Å². The molecular formula is C19H39N5. The molecule has 140 valence electrons. The molecule has 2 aliphatic rings. The molecule has 0 radical (unpaired) electrons. The van der Waals surface area contributed by atoms with Crippen molar-refractivity contribution in [3.05, 3.63) is 0 Å². The lowest BCUT2D eigenvalue weighted by Crippen LogP contribution is -2.43. The summed E-state index contributed by atoms with van der Waals surface area (Å²) in [4.78, 5) is 9.75. The molecule has 1 unspecified atom stereocenters. The van der Waals surface area contributed by atoms with E-state index in [-0.39, 0.29) is 0 Å². The maximum Gasteiger partial charge on any atom is 0.188 e. The minimum Gasteiger partial charge on any atom is -0.370 e. The summed E-state index contributed by atoms with van der Waals surface area (Å²) in [6, 6.07) is 0.632.